The molecule has 0 radical (unpaired) electrons. The lowest BCUT2D eigenvalue weighted by Gasteiger charge is -2.57. The Morgan fingerprint density at radius 3 is 1.37 bits per heavy atom. The first-order chi connectivity index (χ1) is 28.0. The summed E-state index contributed by atoms with van der Waals surface area (Å²) in [7, 11) is 0. The average Bonchev–Trinajstić information content (AvgIpc) is 3.19. The Kier molecular flexibility index (Phi) is 8.90. The van der Waals surface area contributed by atoms with Gasteiger partial charge in [-0.05, 0) is 121 Å². The summed E-state index contributed by atoms with van der Waals surface area (Å²) in [6.45, 7) is 32.1. The van der Waals surface area contributed by atoms with Gasteiger partial charge in [-0.2, -0.15) is 4.89 Å². The molecule has 1 aliphatic carbocycles. The smallest absolute Gasteiger partial charge is 0.158 e. The lowest BCUT2D eigenvalue weighted by molar-refractivity contribution is -0.522. The molecule has 0 fully saturated rings. The molecular weight excluding hydrogens is 735 g/mol. The zero-order chi connectivity index (χ0) is 43.1. The molecule has 5 aromatic carbocycles. The Morgan fingerprint density at radius 2 is 0.933 bits per heavy atom. The van der Waals surface area contributed by atoms with Crippen LogP contribution in [0.1, 0.15) is 154 Å². The van der Waals surface area contributed by atoms with Crippen molar-refractivity contribution in [1.29, 1.82) is 0 Å². The maximum atomic E-state index is 10.4. The molecule has 9 rings (SSSR count). The predicted molar refractivity (Wildman–Crippen MR) is 248 cm³/mol. The molecule has 4 nitrogen and oxygen atoms in total. The molecule has 3 heterocycles. The van der Waals surface area contributed by atoms with E-state index < -0.39 is 11.0 Å². The van der Waals surface area contributed by atoms with E-state index in [4.69, 9.17) is 9.93 Å². The zero-order valence-corrected chi connectivity index (χ0v) is 38.3. The first kappa shape index (κ1) is 40.7. The number of benzene rings is 5. The number of hydrogen-bond donors (Lipinski definition) is 1. The van der Waals surface area contributed by atoms with E-state index in [0.29, 0.717) is 0 Å². The van der Waals surface area contributed by atoms with Gasteiger partial charge >= 0.3 is 0 Å². The van der Waals surface area contributed by atoms with Crippen molar-refractivity contribution in [1.82, 2.24) is 0 Å². The molecular formula is C56H63NO3. The normalized spacial score (nSPS) is 21.1. The van der Waals surface area contributed by atoms with Crippen LogP contribution in [0.4, 0.5) is 11.4 Å². The quantitative estimate of drug-likeness (QED) is 0.142. The Morgan fingerprint density at radius 1 is 0.533 bits per heavy atom. The fourth-order valence-electron chi connectivity index (χ4n) is 10.6. The van der Waals surface area contributed by atoms with Crippen molar-refractivity contribution in [3.05, 3.63) is 164 Å². The third-order valence-corrected chi connectivity index (χ3v) is 14.6. The Bertz CT molecular complexity index is 2620. The molecule has 0 spiro atoms. The van der Waals surface area contributed by atoms with E-state index in [-0.39, 0.29) is 27.6 Å². The molecule has 2 unspecified atom stereocenters. The van der Waals surface area contributed by atoms with Crippen LogP contribution in [0.3, 0.4) is 0 Å². The predicted octanol–water partition coefficient (Wildman–Crippen LogP) is 15.0. The van der Waals surface area contributed by atoms with Gasteiger partial charge in [0, 0.05) is 27.9 Å². The van der Waals surface area contributed by atoms with Crippen LogP contribution in [0.25, 0.3) is 22.3 Å². The van der Waals surface area contributed by atoms with Crippen LogP contribution in [0, 0.1) is 0 Å². The van der Waals surface area contributed by atoms with Crippen molar-refractivity contribution < 1.29 is 15.2 Å². The first-order valence-electron chi connectivity index (χ1n) is 21.9. The fourth-order valence-corrected chi connectivity index (χ4v) is 10.6. The van der Waals surface area contributed by atoms with Gasteiger partial charge < -0.3 is 4.90 Å². The maximum absolute atomic E-state index is 10.4. The van der Waals surface area contributed by atoms with Gasteiger partial charge in [0.25, 0.3) is 0 Å². The van der Waals surface area contributed by atoms with Crippen LogP contribution in [0.5, 0.6) is 0 Å². The largest absolute Gasteiger partial charge is 0.309 e. The van der Waals surface area contributed by atoms with E-state index in [1.165, 1.54) is 67.0 Å². The summed E-state index contributed by atoms with van der Waals surface area (Å²) in [6, 6.07) is 37.1. The van der Waals surface area contributed by atoms with Crippen molar-refractivity contribution in [3.63, 3.8) is 0 Å². The molecule has 5 aromatic rings. The van der Waals surface area contributed by atoms with Crippen LogP contribution in [0.2, 0.25) is 0 Å². The summed E-state index contributed by atoms with van der Waals surface area (Å²) in [6.07, 6.45) is 3.27. The summed E-state index contributed by atoms with van der Waals surface area (Å²) in [5.74, 6) is 0.0817. The molecule has 4 heteroatoms. The highest BCUT2D eigenvalue weighted by Gasteiger charge is 2.57. The minimum absolute atomic E-state index is 0.0407. The van der Waals surface area contributed by atoms with Gasteiger partial charge in [-0.1, -0.05) is 174 Å². The first-order valence-corrected chi connectivity index (χ1v) is 21.9. The maximum Gasteiger partial charge on any atom is 0.158 e. The topological polar surface area (TPSA) is 41.9 Å². The summed E-state index contributed by atoms with van der Waals surface area (Å²) in [5.41, 5.74) is 19.1. The zero-order valence-electron chi connectivity index (χ0n) is 38.3. The number of allylic oxidation sites excluding steroid dienone is 2. The van der Waals surface area contributed by atoms with Crippen molar-refractivity contribution in [2.75, 3.05) is 4.90 Å². The molecule has 4 aliphatic rings. The van der Waals surface area contributed by atoms with Crippen molar-refractivity contribution >= 4 is 11.4 Å². The monoisotopic (exact) mass is 797 g/mol. The standard InChI is InChI=1S/C56H63NO3/c1-51(2,3)39-21-15-33(16-22-39)36-27-42-48-43(28-36)55(12,13)45-30-38(35-19-25-41(26-20-35)53(7,8)9)32-47-50(45)57(48)49-44(54(42,10)11)29-37(31-46(49)56(47,14)59-60-58)34-17-23-40(24-18-34)52(4,5)6/h15-29,31-32,38,58H,30H2,1-14H3. The Labute approximate surface area is 358 Å². The summed E-state index contributed by atoms with van der Waals surface area (Å²) >= 11 is 0. The number of hydrogen-bond acceptors (Lipinski definition) is 4. The number of anilines is 2. The summed E-state index contributed by atoms with van der Waals surface area (Å²) in [5, 5.41) is 15.2. The third-order valence-electron chi connectivity index (χ3n) is 14.6. The lowest BCUT2D eigenvalue weighted by Crippen LogP contribution is -2.49. The van der Waals surface area contributed by atoms with Gasteiger partial charge in [-0.15, -0.1) is 0 Å². The minimum Gasteiger partial charge on any atom is -0.309 e. The number of nitrogens with zero attached hydrogens (tertiary/aromatic N) is 1. The Balaban J connectivity index is 1.34. The molecule has 0 bridgehead atoms. The van der Waals surface area contributed by atoms with E-state index in [2.05, 4.69) is 205 Å². The van der Waals surface area contributed by atoms with Crippen LogP contribution in [0.15, 0.2) is 120 Å². The Hall–Kier alpha value is -4.74. The van der Waals surface area contributed by atoms with Gasteiger partial charge in [0.05, 0.1) is 17.1 Å². The highest BCUT2D eigenvalue weighted by molar-refractivity contribution is 5.96. The van der Waals surface area contributed by atoms with Crippen LogP contribution >= 0.6 is 0 Å². The molecule has 1 N–H and O–H groups in total. The van der Waals surface area contributed by atoms with Crippen molar-refractivity contribution in [2.24, 2.45) is 0 Å². The molecule has 0 aromatic heterocycles. The molecule has 2 atom stereocenters. The van der Waals surface area contributed by atoms with Gasteiger partial charge in [0.15, 0.2) is 5.60 Å². The van der Waals surface area contributed by atoms with E-state index in [0.717, 1.165) is 34.4 Å². The summed E-state index contributed by atoms with van der Waals surface area (Å²) < 4.78 is 0. The molecule has 310 valence electrons. The minimum atomic E-state index is -1.13. The van der Waals surface area contributed by atoms with E-state index in [9.17, 15) is 5.26 Å². The van der Waals surface area contributed by atoms with Crippen molar-refractivity contribution in [3.8, 4) is 22.3 Å². The second-order valence-electron chi connectivity index (χ2n) is 22.4. The second kappa shape index (κ2) is 13.1. The highest BCUT2D eigenvalue weighted by Crippen LogP contribution is 2.67. The fraction of sp³-hybridized carbons (Fsp3) is 0.393. The molecule has 0 saturated carbocycles. The van der Waals surface area contributed by atoms with E-state index in [1.54, 1.807) is 0 Å². The molecule has 0 amide bonds. The average molecular weight is 798 g/mol. The third kappa shape index (κ3) is 6.03. The highest BCUT2D eigenvalue weighted by atomic mass is 17.5. The SMILES string of the molecule is CC(C)(C)c1ccc(-c2cc3c4c(c2)C(C)(C)c2cc(-c5ccc(C(C)(C)C)cc5)cc5c2N4C2=C(CC(c4ccc(C(C)(C)C)cc4)C=C2C5(C)OOO)C3(C)C)cc1. The van der Waals surface area contributed by atoms with Gasteiger partial charge in [-0.25, -0.2) is 5.26 Å². The van der Waals surface area contributed by atoms with Crippen LogP contribution in [-0.2, 0) is 42.6 Å². The van der Waals surface area contributed by atoms with E-state index >= 15 is 0 Å². The van der Waals surface area contributed by atoms with Crippen LogP contribution < -0.4 is 4.90 Å². The summed E-state index contributed by atoms with van der Waals surface area (Å²) in [4.78, 5) is 8.85. The lowest BCUT2D eigenvalue weighted by atomic mass is 9.58. The van der Waals surface area contributed by atoms with Gasteiger partial charge in [0.1, 0.15) is 0 Å². The number of rotatable bonds is 5. The van der Waals surface area contributed by atoms with Crippen LogP contribution in [-0.4, -0.2) is 5.26 Å². The molecule has 0 saturated heterocycles. The van der Waals surface area contributed by atoms with E-state index in [1.807, 2.05) is 0 Å². The van der Waals surface area contributed by atoms with Crippen molar-refractivity contribution in [2.45, 2.75) is 142 Å². The van der Waals surface area contributed by atoms with Gasteiger partial charge in [-0.3, -0.25) is 0 Å². The molecule has 60 heavy (non-hydrogen) atoms. The second-order valence-corrected chi connectivity index (χ2v) is 22.4. The van der Waals surface area contributed by atoms with Gasteiger partial charge in [0.2, 0.25) is 0 Å². The molecule has 3 aliphatic heterocycles.